The van der Waals surface area contributed by atoms with Gasteiger partial charge >= 0.3 is 12.1 Å². The molecule has 6 heteroatoms. The summed E-state index contributed by atoms with van der Waals surface area (Å²) in [5.74, 6) is -1.13. The molecule has 24 heavy (non-hydrogen) atoms. The molecule has 4 N–H and O–H groups in total. The van der Waals surface area contributed by atoms with Crippen LogP contribution in [0.3, 0.4) is 0 Å². The Morgan fingerprint density at radius 1 is 1.04 bits per heavy atom. The van der Waals surface area contributed by atoms with E-state index in [4.69, 9.17) is 10.5 Å². The average molecular weight is 328 g/mol. The fourth-order valence-corrected chi connectivity index (χ4v) is 2.28. The van der Waals surface area contributed by atoms with Crippen LogP contribution in [-0.2, 0) is 29.1 Å². The summed E-state index contributed by atoms with van der Waals surface area (Å²) >= 11 is 0. The first-order valence-electron chi connectivity index (χ1n) is 7.57. The van der Waals surface area contributed by atoms with Crippen molar-refractivity contribution in [3.8, 4) is 0 Å². The molecule has 0 spiro atoms. The zero-order valence-electron chi connectivity index (χ0n) is 13.1. The highest BCUT2D eigenvalue weighted by atomic mass is 16.5. The Morgan fingerprint density at radius 3 is 2.29 bits per heavy atom. The Balaban J connectivity index is 1.95. The van der Waals surface area contributed by atoms with E-state index in [0.29, 0.717) is 6.54 Å². The number of hydrogen-bond donors (Lipinski definition) is 3. The average Bonchev–Trinajstić information content (AvgIpc) is 2.60. The van der Waals surface area contributed by atoms with Crippen LogP contribution in [-0.4, -0.2) is 23.2 Å². The van der Waals surface area contributed by atoms with Crippen molar-refractivity contribution in [2.75, 3.05) is 0 Å². The molecular formula is C18H20N2O4. The van der Waals surface area contributed by atoms with E-state index in [1.807, 2.05) is 42.5 Å². The van der Waals surface area contributed by atoms with E-state index in [1.165, 1.54) is 0 Å². The molecule has 2 aromatic rings. The number of nitrogens with one attached hydrogen (secondary N) is 1. The van der Waals surface area contributed by atoms with Crippen LogP contribution >= 0.6 is 0 Å². The fourth-order valence-electron chi connectivity index (χ4n) is 2.28. The van der Waals surface area contributed by atoms with Gasteiger partial charge in [0.05, 0.1) is 0 Å². The Labute approximate surface area is 140 Å². The number of carboxylic acids is 1. The van der Waals surface area contributed by atoms with Gasteiger partial charge in [-0.15, -0.1) is 0 Å². The van der Waals surface area contributed by atoms with Crippen LogP contribution in [0.25, 0.3) is 0 Å². The van der Waals surface area contributed by atoms with E-state index in [2.05, 4.69) is 5.32 Å². The molecule has 0 aliphatic heterocycles. The zero-order valence-corrected chi connectivity index (χ0v) is 13.1. The van der Waals surface area contributed by atoms with Gasteiger partial charge in [-0.2, -0.15) is 0 Å². The summed E-state index contributed by atoms with van der Waals surface area (Å²) < 4.78 is 5.06. The predicted octanol–water partition coefficient (Wildman–Crippen LogP) is 2.07. The molecule has 2 aromatic carbocycles. The second kappa shape index (κ2) is 8.69. The van der Waals surface area contributed by atoms with Gasteiger partial charge in [-0.3, -0.25) is 0 Å². The van der Waals surface area contributed by atoms with Crippen molar-refractivity contribution in [3.05, 3.63) is 71.3 Å². The van der Waals surface area contributed by atoms with Gasteiger partial charge in [-0.25, -0.2) is 9.59 Å². The highest BCUT2D eigenvalue weighted by Crippen LogP contribution is 2.11. The normalized spacial score (nSPS) is 11.5. The molecule has 0 saturated heterocycles. The number of carbonyl (C=O) groups excluding carboxylic acids is 1. The lowest BCUT2D eigenvalue weighted by Crippen LogP contribution is -2.42. The summed E-state index contributed by atoms with van der Waals surface area (Å²) in [6, 6.07) is 15.4. The van der Waals surface area contributed by atoms with Gasteiger partial charge in [0.15, 0.2) is 0 Å². The van der Waals surface area contributed by atoms with E-state index in [1.54, 1.807) is 12.1 Å². The van der Waals surface area contributed by atoms with Gasteiger partial charge in [0.2, 0.25) is 0 Å². The molecular weight excluding hydrogens is 308 g/mol. The van der Waals surface area contributed by atoms with E-state index < -0.39 is 18.1 Å². The zero-order chi connectivity index (χ0) is 17.4. The van der Waals surface area contributed by atoms with Crippen LogP contribution in [0.2, 0.25) is 0 Å². The summed E-state index contributed by atoms with van der Waals surface area (Å²) in [4.78, 5) is 23.3. The van der Waals surface area contributed by atoms with Crippen LogP contribution in [0.5, 0.6) is 0 Å². The van der Waals surface area contributed by atoms with Gasteiger partial charge < -0.3 is 20.9 Å². The lowest BCUT2D eigenvalue weighted by molar-refractivity contribution is -0.139. The molecule has 126 valence electrons. The van der Waals surface area contributed by atoms with Crippen molar-refractivity contribution in [2.24, 2.45) is 5.73 Å². The summed E-state index contributed by atoms with van der Waals surface area (Å²) in [5.41, 5.74) is 8.12. The van der Waals surface area contributed by atoms with Crippen LogP contribution in [0.4, 0.5) is 4.79 Å². The molecule has 6 nitrogen and oxygen atoms in total. The van der Waals surface area contributed by atoms with Gasteiger partial charge in [0.25, 0.3) is 0 Å². The molecule has 1 amide bonds. The third-order valence-electron chi connectivity index (χ3n) is 3.57. The third-order valence-corrected chi connectivity index (χ3v) is 3.57. The number of benzene rings is 2. The van der Waals surface area contributed by atoms with Gasteiger partial charge in [0.1, 0.15) is 12.6 Å². The maximum atomic E-state index is 11.9. The first kappa shape index (κ1) is 17.5. The Bertz CT molecular complexity index is 688. The molecule has 0 radical (unpaired) electrons. The highest BCUT2D eigenvalue weighted by Gasteiger charge is 2.22. The van der Waals surface area contributed by atoms with Crippen LogP contribution < -0.4 is 11.1 Å². The van der Waals surface area contributed by atoms with Crippen LogP contribution in [0, 0.1) is 0 Å². The number of carbonyl (C=O) groups is 2. The van der Waals surface area contributed by atoms with Crippen molar-refractivity contribution in [1.82, 2.24) is 5.32 Å². The molecule has 0 bridgehead atoms. The molecule has 0 aliphatic carbocycles. The quantitative estimate of drug-likeness (QED) is 0.722. The van der Waals surface area contributed by atoms with E-state index >= 15 is 0 Å². The van der Waals surface area contributed by atoms with Crippen molar-refractivity contribution >= 4 is 12.1 Å². The fraction of sp³-hybridized carbons (Fsp3) is 0.222. The van der Waals surface area contributed by atoms with Crippen LogP contribution in [0.1, 0.15) is 16.7 Å². The minimum Gasteiger partial charge on any atom is -0.480 e. The number of nitrogens with two attached hydrogens (primary N) is 1. The lowest BCUT2D eigenvalue weighted by atomic mass is 10.0. The largest absolute Gasteiger partial charge is 0.480 e. The Kier molecular flexibility index (Phi) is 6.33. The maximum absolute atomic E-state index is 11.9. The van der Waals surface area contributed by atoms with Crippen molar-refractivity contribution < 1.29 is 19.4 Å². The minimum atomic E-state index is -1.13. The monoisotopic (exact) mass is 328 g/mol. The molecule has 0 saturated carbocycles. The topological polar surface area (TPSA) is 102 Å². The van der Waals surface area contributed by atoms with Crippen molar-refractivity contribution in [2.45, 2.75) is 25.6 Å². The summed E-state index contributed by atoms with van der Waals surface area (Å²) in [6.45, 7) is 0.388. The van der Waals surface area contributed by atoms with Crippen LogP contribution in [0.15, 0.2) is 54.6 Å². The first-order valence-corrected chi connectivity index (χ1v) is 7.57. The van der Waals surface area contributed by atoms with Gasteiger partial charge in [0, 0.05) is 13.0 Å². The molecule has 2 rings (SSSR count). The summed E-state index contributed by atoms with van der Waals surface area (Å²) in [6.07, 6.45) is -0.625. The smallest absolute Gasteiger partial charge is 0.408 e. The number of carboxylic acid groups (broad SMARTS) is 1. The van der Waals surface area contributed by atoms with Crippen molar-refractivity contribution in [1.29, 1.82) is 0 Å². The maximum Gasteiger partial charge on any atom is 0.408 e. The second-order valence-corrected chi connectivity index (χ2v) is 5.27. The number of rotatable bonds is 7. The summed E-state index contributed by atoms with van der Waals surface area (Å²) in [7, 11) is 0. The molecule has 1 atom stereocenters. The molecule has 0 aromatic heterocycles. The standard InChI is InChI=1S/C18H20N2O4/c19-11-15-9-5-4-8-14(15)10-16(17(21)22)20-18(23)24-12-13-6-2-1-3-7-13/h1-9,16H,10-12,19H2,(H,20,23)(H,21,22). The van der Waals surface area contributed by atoms with E-state index in [9.17, 15) is 14.7 Å². The molecule has 1 unspecified atom stereocenters. The minimum absolute atomic E-state index is 0.0817. The molecule has 0 heterocycles. The second-order valence-electron chi connectivity index (χ2n) is 5.27. The first-order chi connectivity index (χ1) is 11.6. The van der Waals surface area contributed by atoms with E-state index in [-0.39, 0.29) is 13.0 Å². The van der Waals surface area contributed by atoms with Gasteiger partial charge in [-0.05, 0) is 16.7 Å². The Morgan fingerprint density at radius 2 is 1.67 bits per heavy atom. The molecule has 0 fully saturated rings. The number of aliphatic carboxylic acids is 1. The SMILES string of the molecule is NCc1ccccc1CC(NC(=O)OCc1ccccc1)C(=O)O. The predicted molar refractivity (Wildman–Crippen MR) is 89.2 cm³/mol. The lowest BCUT2D eigenvalue weighted by Gasteiger charge is -2.16. The number of ether oxygens (including phenoxy) is 1. The molecule has 0 aliphatic rings. The Hall–Kier alpha value is -2.86. The van der Waals surface area contributed by atoms with Crippen molar-refractivity contribution in [3.63, 3.8) is 0 Å². The number of alkyl carbamates (subject to hydrolysis) is 1. The van der Waals surface area contributed by atoms with Gasteiger partial charge in [-0.1, -0.05) is 54.6 Å². The summed E-state index contributed by atoms with van der Waals surface area (Å²) in [5, 5.41) is 11.7. The van der Waals surface area contributed by atoms with E-state index in [0.717, 1.165) is 16.7 Å². The highest BCUT2D eigenvalue weighted by molar-refractivity contribution is 5.80. The number of amides is 1. The third kappa shape index (κ3) is 5.10. The number of hydrogen-bond acceptors (Lipinski definition) is 4.